The molecule has 1 aliphatic carbocycles. The Bertz CT molecular complexity index is 1100. The minimum absolute atomic E-state index is 0.0698. The summed E-state index contributed by atoms with van der Waals surface area (Å²) in [6.45, 7) is 4.78. The number of rotatable bonds is 5. The summed E-state index contributed by atoms with van der Waals surface area (Å²) in [7, 11) is 0. The molecular weight excluding hydrogens is 382 g/mol. The maximum Gasteiger partial charge on any atom is 0.168 e. The number of anilines is 1. The molecule has 0 radical (unpaired) electrons. The van der Waals surface area contributed by atoms with Crippen LogP contribution in [0, 0.1) is 5.41 Å². The molecular formula is C22H23N5OS. The topological polar surface area (TPSA) is 82.7 Å². The number of nitrogens with one attached hydrogen (secondary N) is 3. The Morgan fingerprint density at radius 3 is 2.79 bits per heavy atom. The molecule has 0 amide bonds. The smallest absolute Gasteiger partial charge is 0.168 e. The van der Waals surface area contributed by atoms with Gasteiger partial charge in [0.1, 0.15) is 4.99 Å². The fraction of sp³-hybridized carbons (Fsp3) is 0.273. The molecule has 0 unspecified atom stereocenters. The normalized spacial score (nSPS) is 16.1. The van der Waals surface area contributed by atoms with Crippen LogP contribution < -0.4 is 10.6 Å². The zero-order chi connectivity index (χ0) is 20.4. The second kappa shape index (κ2) is 7.75. The van der Waals surface area contributed by atoms with Crippen LogP contribution in [0.5, 0.6) is 0 Å². The first kappa shape index (κ1) is 19.3. The van der Waals surface area contributed by atoms with E-state index in [4.69, 9.17) is 12.2 Å². The van der Waals surface area contributed by atoms with Gasteiger partial charge in [0.05, 0.1) is 11.8 Å². The van der Waals surface area contributed by atoms with Crippen molar-refractivity contribution < 1.29 is 4.79 Å². The van der Waals surface area contributed by atoms with Crippen LogP contribution in [0.15, 0.2) is 60.1 Å². The van der Waals surface area contributed by atoms with Crippen molar-refractivity contribution in [1.82, 2.24) is 20.5 Å². The summed E-state index contributed by atoms with van der Waals surface area (Å²) < 4.78 is 0. The number of Topliss-reactive ketones (excluding diaryl/α,β-unsaturated/α-hetero) is 1. The zero-order valence-corrected chi connectivity index (χ0v) is 17.3. The molecule has 7 heteroatoms. The van der Waals surface area contributed by atoms with Crippen LogP contribution >= 0.6 is 12.2 Å². The van der Waals surface area contributed by atoms with Crippen LogP contribution in [-0.2, 0) is 11.3 Å². The number of H-pyrrole nitrogens is 1. The number of carbonyl (C=O) groups is 1. The van der Waals surface area contributed by atoms with Gasteiger partial charge in [0.25, 0.3) is 0 Å². The number of carbonyl (C=O) groups excluding carboxylic acids is 1. The highest BCUT2D eigenvalue weighted by Gasteiger charge is 2.34. The average Bonchev–Trinajstić information content (AvgIpc) is 3.15. The minimum Gasteiger partial charge on any atom is -0.384 e. The van der Waals surface area contributed by atoms with Gasteiger partial charge < -0.3 is 10.6 Å². The largest absolute Gasteiger partial charge is 0.384 e. The van der Waals surface area contributed by atoms with Crippen LogP contribution in [0.4, 0.5) is 5.69 Å². The van der Waals surface area contributed by atoms with Gasteiger partial charge in [0.2, 0.25) is 0 Å². The standard InChI is InChI=1S/C22H23N5OS/c1-22(2)10-17(24-12-14-8-9-23-20-16(14)13-25-27-20)19(18(28)11-22)21(29)26-15-6-4-3-5-7-15/h3-9,13,24H,10-12H2,1-2H3,(H,26,29)(H,23,25,27). The summed E-state index contributed by atoms with van der Waals surface area (Å²) in [5.41, 5.74) is 4.03. The second-order valence-corrected chi connectivity index (χ2v) is 8.48. The van der Waals surface area contributed by atoms with E-state index < -0.39 is 0 Å². The monoisotopic (exact) mass is 405 g/mol. The maximum atomic E-state index is 13.0. The molecule has 0 spiro atoms. The molecule has 29 heavy (non-hydrogen) atoms. The van der Waals surface area contributed by atoms with Crippen LogP contribution in [0.2, 0.25) is 0 Å². The number of allylic oxidation sites excluding steroid dienone is 1. The first-order valence-electron chi connectivity index (χ1n) is 9.56. The number of ketones is 1. The molecule has 0 aliphatic heterocycles. The van der Waals surface area contributed by atoms with E-state index in [1.807, 2.05) is 36.4 Å². The molecule has 2 aromatic heterocycles. The van der Waals surface area contributed by atoms with Gasteiger partial charge in [-0.3, -0.25) is 9.89 Å². The predicted octanol–water partition coefficient (Wildman–Crippen LogP) is 4.13. The first-order valence-corrected chi connectivity index (χ1v) is 9.97. The van der Waals surface area contributed by atoms with Crippen LogP contribution in [0.1, 0.15) is 32.3 Å². The van der Waals surface area contributed by atoms with Crippen molar-refractivity contribution in [1.29, 1.82) is 0 Å². The highest BCUT2D eigenvalue weighted by atomic mass is 32.1. The lowest BCUT2D eigenvalue weighted by Crippen LogP contribution is -2.35. The molecule has 0 saturated heterocycles. The van der Waals surface area contributed by atoms with Crippen LogP contribution in [0.25, 0.3) is 11.0 Å². The van der Waals surface area contributed by atoms with Gasteiger partial charge in [0.15, 0.2) is 11.4 Å². The third-order valence-electron chi connectivity index (χ3n) is 5.07. The van der Waals surface area contributed by atoms with Crippen molar-refractivity contribution in [3.63, 3.8) is 0 Å². The maximum absolute atomic E-state index is 13.0. The fourth-order valence-electron chi connectivity index (χ4n) is 3.71. The second-order valence-electron chi connectivity index (χ2n) is 8.07. The van der Waals surface area contributed by atoms with Crippen molar-refractivity contribution in [2.24, 2.45) is 5.41 Å². The molecule has 0 bridgehead atoms. The molecule has 3 aromatic rings. The Morgan fingerprint density at radius 2 is 2.00 bits per heavy atom. The number of hydrogen-bond acceptors (Lipinski definition) is 5. The fourth-order valence-corrected chi connectivity index (χ4v) is 4.07. The Morgan fingerprint density at radius 1 is 1.21 bits per heavy atom. The first-order chi connectivity index (χ1) is 13.9. The molecule has 0 atom stereocenters. The van der Waals surface area contributed by atoms with E-state index in [0.29, 0.717) is 23.5 Å². The van der Waals surface area contributed by atoms with Crippen molar-refractivity contribution in [2.75, 3.05) is 5.32 Å². The number of aromatic amines is 1. The van der Waals surface area contributed by atoms with Gasteiger partial charge in [-0.25, -0.2) is 4.98 Å². The highest BCUT2D eigenvalue weighted by molar-refractivity contribution is 7.81. The van der Waals surface area contributed by atoms with E-state index in [-0.39, 0.29) is 11.2 Å². The molecule has 0 fully saturated rings. The highest BCUT2D eigenvalue weighted by Crippen LogP contribution is 2.36. The van der Waals surface area contributed by atoms with Gasteiger partial charge >= 0.3 is 0 Å². The Kier molecular flexibility index (Phi) is 5.15. The van der Waals surface area contributed by atoms with Gasteiger partial charge in [-0.1, -0.05) is 44.3 Å². The summed E-state index contributed by atoms with van der Waals surface area (Å²) >= 11 is 5.62. The number of hydrogen-bond donors (Lipinski definition) is 3. The van der Waals surface area contributed by atoms with Crippen LogP contribution in [0.3, 0.4) is 0 Å². The number of para-hydroxylation sites is 1. The summed E-state index contributed by atoms with van der Waals surface area (Å²) in [6, 6.07) is 11.6. The lowest BCUT2D eigenvalue weighted by Gasteiger charge is -2.33. The molecule has 0 saturated carbocycles. The predicted molar refractivity (Wildman–Crippen MR) is 118 cm³/mol. The molecule has 4 rings (SSSR count). The van der Waals surface area contributed by atoms with E-state index in [0.717, 1.165) is 34.4 Å². The SMILES string of the molecule is CC1(C)CC(=O)C(C(=S)Nc2ccccc2)=C(NCc2ccnc3[nH]ncc23)C1. The third-order valence-corrected chi connectivity index (χ3v) is 5.38. The molecule has 148 valence electrons. The van der Waals surface area contributed by atoms with Crippen molar-refractivity contribution in [3.05, 3.63) is 65.6 Å². The number of fused-ring (bicyclic) bond motifs is 1. The van der Waals surface area contributed by atoms with E-state index in [2.05, 4.69) is 39.7 Å². The zero-order valence-electron chi connectivity index (χ0n) is 16.5. The summed E-state index contributed by atoms with van der Waals surface area (Å²) in [6.07, 6.45) is 4.76. The number of nitrogens with zero attached hydrogens (tertiary/aromatic N) is 2. The minimum atomic E-state index is -0.117. The molecule has 3 N–H and O–H groups in total. The van der Waals surface area contributed by atoms with Crippen molar-refractivity contribution in [3.8, 4) is 0 Å². The van der Waals surface area contributed by atoms with Crippen molar-refractivity contribution >= 4 is 39.7 Å². The Balaban J connectivity index is 1.63. The van der Waals surface area contributed by atoms with Gasteiger partial charge in [-0.15, -0.1) is 0 Å². The van der Waals surface area contributed by atoms with Crippen LogP contribution in [-0.4, -0.2) is 26.0 Å². The van der Waals surface area contributed by atoms with E-state index >= 15 is 0 Å². The summed E-state index contributed by atoms with van der Waals surface area (Å²) in [5, 5.41) is 14.6. The average molecular weight is 406 g/mol. The molecule has 1 aromatic carbocycles. The van der Waals surface area contributed by atoms with E-state index in [9.17, 15) is 4.79 Å². The van der Waals surface area contributed by atoms with E-state index in [1.165, 1.54) is 0 Å². The van der Waals surface area contributed by atoms with Gasteiger partial charge in [-0.2, -0.15) is 5.10 Å². The third kappa shape index (κ3) is 4.19. The lowest BCUT2D eigenvalue weighted by molar-refractivity contribution is -0.117. The molecule has 2 heterocycles. The number of pyridine rings is 1. The number of benzene rings is 1. The quantitative estimate of drug-likeness (QED) is 0.554. The Hall–Kier alpha value is -3.06. The lowest BCUT2D eigenvalue weighted by atomic mass is 9.75. The number of aromatic nitrogens is 3. The molecule has 6 nitrogen and oxygen atoms in total. The Labute approximate surface area is 174 Å². The van der Waals surface area contributed by atoms with E-state index in [1.54, 1.807) is 12.4 Å². The summed E-state index contributed by atoms with van der Waals surface area (Å²) in [4.78, 5) is 17.7. The van der Waals surface area contributed by atoms with Crippen molar-refractivity contribution in [2.45, 2.75) is 33.2 Å². The summed E-state index contributed by atoms with van der Waals surface area (Å²) in [5.74, 6) is 0.0698. The molecule has 1 aliphatic rings. The van der Waals surface area contributed by atoms with Gasteiger partial charge in [-0.05, 0) is 35.6 Å². The van der Waals surface area contributed by atoms with Gasteiger partial charge in [0, 0.05) is 35.9 Å². The number of thiocarbonyl (C=S) groups is 1.